The molecule has 1 aromatic heterocycles. The SMILES string of the molecule is O=C(O)c1sccc1B(O)O. The topological polar surface area (TPSA) is 77.8 Å². The molecule has 3 N–H and O–H groups in total. The molecule has 0 radical (unpaired) electrons. The molecule has 11 heavy (non-hydrogen) atoms. The van der Waals surface area contributed by atoms with Crippen molar-refractivity contribution < 1.29 is 19.9 Å². The van der Waals surface area contributed by atoms with Gasteiger partial charge in [0, 0.05) is 5.46 Å². The van der Waals surface area contributed by atoms with Crippen molar-refractivity contribution in [2.45, 2.75) is 0 Å². The lowest BCUT2D eigenvalue weighted by atomic mass is 9.81. The van der Waals surface area contributed by atoms with Gasteiger partial charge in [-0.15, -0.1) is 11.3 Å². The summed E-state index contributed by atoms with van der Waals surface area (Å²) in [4.78, 5) is 10.3. The van der Waals surface area contributed by atoms with Crippen molar-refractivity contribution in [1.82, 2.24) is 0 Å². The van der Waals surface area contributed by atoms with Crippen LogP contribution in [0.15, 0.2) is 11.4 Å². The zero-order valence-electron chi connectivity index (χ0n) is 5.39. The number of carboxylic acid groups (broad SMARTS) is 1. The van der Waals surface area contributed by atoms with Crippen LogP contribution in [-0.2, 0) is 0 Å². The number of rotatable bonds is 2. The van der Waals surface area contributed by atoms with E-state index >= 15 is 0 Å². The molecule has 0 aliphatic rings. The first-order chi connectivity index (χ1) is 5.13. The molecule has 0 aliphatic heterocycles. The average Bonchev–Trinajstić information content (AvgIpc) is 2.32. The molecular weight excluding hydrogens is 167 g/mol. The van der Waals surface area contributed by atoms with Crippen LogP contribution in [0.2, 0.25) is 0 Å². The van der Waals surface area contributed by atoms with Gasteiger partial charge >= 0.3 is 13.1 Å². The molecule has 0 amide bonds. The van der Waals surface area contributed by atoms with Crippen molar-refractivity contribution in [2.24, 2.45) is 0 Å². The number of hydrogen-bond donors (Lipinski definition) is 3. The molecule has 0 spiro atoms. The summed E-state index contributed by atoms with van der Waals surface area (Å²) in [6.45, 7) is 0. The third-order valence-corrected chi connectivity index (χ3v) is 2.09. The second kappa shape index (κ2) is 3.04. The van der Waals surface area contributed by atoms with Gasteiger partial charge in [-0.25, -0.2) is 4.79 Å². The van der Waals surface area contributed by atoms with E-state index in [1.807, 2.05) is 0 Å². The van der Waals surface area contributed by atoms with E-state index in [0.29, 0.717) is 0 Å². The maximum Gasteiger partial charge on any atom is 0.490 e. The number of hydrogen-bond acceptors (Lipinski definition) is 4. The molecule has 0 unspecified atom stereocenters. The highest BCUT2D eigenvalue weighted by molar-refractivity contribution is 7.13. The molecule has 0 saturated carbocycles. The van der Waals surface area contributed by atoms with Crippen LogP contribution < -0.4 is 5.46 Å². The van der Waals surface area contributed by atoms with Gasteiger partial charge in [0.25, 0.3) is 0 Å². The van der Waals surface area contributed by atoms with Gasteiger partial charge in [0.2, 0.25) is 0 Å². The Labute approximate surface area is 66.9 Å². The predicted octanol–water partition coefficient (Wildman–Crippen LogP) is -0.874. The van der Waals surface area contributed by atoms with Gasteiger partial charge in [-0.05, 0) is 5.38 Å². The molecule has 0 aliphatic carbocycles. The minimum absolute atomic E-state index is 0.0278. The fourth-order valence-corrected chi connectivity index (χ4v) is 1.46. The summed E-state index contributed by atoms with van der Waals surface area (Å²) < 4.78 is 0. The van der Waals surface area contributed by atoms with Crippen LogP contribution in [0.4, 0.5) is 0 Å². The third kappa shape index (κ3) is 1.59. The molecule has 0 fully saturated rings. The Morgan fingerprint density at radius 2 is 2.18 bits per heavy atom. The zero-order valence-corrected chi connectivity index (χ0v) is 6.21. The number of carboxylic acids is 1. The minimum atomic E-state index is -1.70. The quantitative estimate of drug-likeness (QED) is 0.506. The maximum absolute atomic E-state index is 10.4. The first-order valence-corrected chi connectivity index (χ1v) is 3.67. The summed E-state index contributed by atoms with van der Waals surface area (Å²) in [5, 5.41) is 27.3. The lowest BCUT2D eigenvalue weighted by molar-refractivity contribution is 0.0703. The fraction of sp³-hybridized carbons (Fsp3) is 0. The Morgan fingerprint density at radius 3 is 2.55 bits per heavy atom. The highest BCUT2D eigenvalue weighted by atomic mass is 32.1. The molecule has 1 aromatic rings. The van der Waals surface area contributed by atoms with Crippen LogP contribution in [0.3, 0.4) is 0 Å². The van der Waals surface area contributed by atoms with Gasteiger partial charge in [0.05, 0.1) is 0 Å². The molecule has 0 bridgehead atoms. The van der Waals surface area contributed by atoms with Gasteiger partial charge in [-0.3, -0.25) is 0 Å². The molecule has 0 aromatic carbocycles. The average molecular weight is 172 g/mol. The van der Waals surface area contributed by atoms with E-state index in [4.69, 9.17) is 15.2 Å². The maximum atomic E-state index is 10.4. The smallest absolute Gasteiger partial charge is 0.477 e. The van der Waals surface area contributed by atoms with E-state index in [2.05, 4.69) is 0 Å². The first-order valence-electron chi connectivity index (χ1n) is 2.79. The van der Waals surface area contributed by atoms with Crippen molar-refractivity contribution in [2.75, 3.05) is 0 Å². The van der Waals surface area contributed by atoms with Crippen molar-refractivity contribution in [3.8, 4) is 0 Å². The van der Waals surface area contributed by atoms with Gasteiger partial charge in [0.1, 0.15) is 4.88 Å². The molecule has 6 heteroatoms. The number of aromatic carboxylic acids is 1. The van der Waals surface area contributed by atoms with E-state index in [9.17, 15) is 4.79 Å². The summed E-state index contributed by atoms with van der Waals surface area (Å²) in [5.74, 6) is -1.14. The Morgan fingerprint density at radius 1 is 1.55 bits per heavy atom. The van der Waals surface area contributed by atoms with Crippen LogP contribution in [-0.4, -0.2) is 28.2 Å². The van der Waals surface area contributed by atoms with Crippen LogP contribution in [0.1, 0.15) is 9.67 Å². The van der Waals surface area contributed by atoms with Gasteiger partial charge in [0.15, 0.2) is 0 Å². The summed E-state index contributed by atoms with van der Waals surface area (Å²) in [5.41, 5.74) is 0.0440. The second-order valence-electron chi connectivity index (χ2n) is 1.88. The lowest BCUT2D eigenvalue weighted by Gasteiger charge is -1.95. The van der Waals surface area contributed by atoms with Crippen LogP contribution in [0.5, 0.6) is 0 Å². The summed E-state index contributed by atoms with van der Waals surface area (Å²) >= 11 is 0.966. The Hall–Kier alpha value is -0.845. The van der Waals surface area contributed by atoms with Crippen molar-refractivity contribution in [3.05, 3.63) is 16.3 Å². The molecule has 0 saturated heterocycles. The van der Waals surface area contributed by atoms with Crippen molar-refractivity contribution in [1.29, 1.82) is 0 Å². The van der Waals surface area contributed by atoms with Gasteiger partial charge < -0.3 is 15.2 Å². The first kappa shape index (κ1) is 8.25. The van der Waals surface area contributed by atoms with E-state index < -0.39 is 13.1 Å². The van der Waals surface area contributed by atoms with Crippen LogP contribution in [0, 0.1) is 0 Å². The Balaban J connectivity index is 3.06. The number of carbonyl (C=O) groups is 1. The number of thiophene rings is 1. The Kier molecular flexibility index (Phi) is 2.28. The lowest BCUT2D eigenvalue weighted by Crippen LogP contribution is -2.32. The van der Waals surface area contributed by atoms with Crippen LogP contribution in [0.25, 0.3) is 0 Å². The second-order valence-corrected chi connectivity index (χ2v) is 2.80. The fourth-order valence-electron chi connectivity index (χ4n) is 0.696. The Bertz CT molecular complexity index is 269. The zero-order chi connectivity index (χ0) is 8.43. The van der Waals surface area contributed by atoms with E-state index in [-0.39, 0.29) is 10.3 Å². The van der Waals surface area contributed by atoms with E-state index in [1.54, 1.807) is 0 Å². The molecule has 4 nitrogen and oxygen atoms in total. The molecule has 58 valence electrons. The summed E-state index contributed by atoms with van der Waals surface area (Å²) in [6, 6.07) is 1.37. The molecule has 1 rings (SSSR count). The van der Waals surface area contributed by atoms with Gasteiger partial charge in [-0.2, -0.15) is 0 Å². The third-order valence-electron chi connectivity index (χ3n) is 1.17. The van der Waals surface area contributed by atoms with E-state index in [1.165, 1.54) is 11.4 Å². The molecule has 0 atom stereocenters. The highest BCUT2D eigenvalue weighted by Crippen LogP contribution is 2.05. The predicted molar refractivity (Wildman–Crippen MR) is 41.1 cm³/mol. The highest BCUT2D eigenvalue weighted by Gasteiger charge is 2.20. The standard InChI is InChI=1S/C5H5BO4S/c7-5(8)4-3(6(9)10)1-2-11-4/h1-2,9-10H,(H,7,8). The normalized spacial score (nSPS) is 9.64. The monoisotopic (exact) mass is 172 g/mol. The summed E-state index contributed by atoms with van der Waals surface area (Å²) in [7, 11) is -1.70. The van der Waals surface area contributed by atoms with Crippen molar-refractivity contribution >= 4 is 29.9 Å². The molecular formula is C5H5BO4S. The van der Waals surface area contributed by atoms with Crippen molar-refractivity contribution in [3.63, 3.8) is 0 Å². The largest absolute Gasteiger partial charge is 0.490 e. The van der Waals surface area contributed by atoms with Gasteiger partial charge in [-0.1, -0.05) is 6.07 Å². The summed E-state index contributed by atoms with van der Waals surface area (Å²) in [6.07, 6.45) is 0. The van der Waals surface area contributed by atoms with Crippen LogP contribution >= 0.6 is 11.3 Å². The molecule has 1 heterocycles. The minimum Gasteiger partial charge on any atom is -0.477 e. The van der Waals surface area contributed by atoms with E-state index in [0.717, 1.165) is 11.3 Å².